The van der Waals surface area contributed by atoms with E-state index >= 15 is 0 Å². The molecule has 0 radical (unpaired) electrons. The first-order valence-electron chi connectivity index (χ1n) is 7.01. The Kier molecular flexibility index (Phi) is 7.62. The molecule has 2 N–H and O–H groups in total. The number of carbonyl (C=O) groups is 1. The molecule has 20 heavy (non-hydrogen) atoms. The van der Waals surface area contributed by atoms with Gasteiger partial charge >= 0.3 is 0 Å². The van der Waals surface area contributed by atoms with Crippen LogP contribution in [0.25, 0.3) is 0 Å². The van der Waals surface area contributed by atoms with Crippen LogP contribution in [-0.2, 0) is 16.1 Å². The van der Waals surface area contributed by atoms with E-state index in [-0.39, 0.29) is 5.91 Å². The molecule has 4 nitrogen and oxygen atoms in total. The zero-order valence-electron chi connectivity index (χ0n) is 12.3. The molecule has 0 saturated carbocycles. The topological polar surface area (TPSA) is 50.4 Å². The van der Waals surface area contributed by atoms with Crippen molar-refractivity contribution in [1.82, 2.24) is 5.32 Å². The Labute approximate surface area is 121 Å². The largest absolute Gasteiger partial charge is 0.368 e. The fourth-order valence-electron chi connectivity index (χ4n) is 1.69. The second-order valence-corrected chi connectivity index (χ2v) is 4.52. The quantitative estimate of drug-likeness (QED) is 0.538. The molecular weight excluding hydrogens is 252 g/mol. The summed E-state index contributed by atoms with van der Waals surface area (Å²) in [5.41, 5.74) is 1.90. The summed E-state index contributed by atoms with van der Waals surface area (Å²) in [6.45, 7) is 9.57. The molecule has 0 aliphatic carbocycles. The number of benzene rings is 1. The fourth-order valence-corrected chi connectivity index (χ4v) is 1.69. The molecule has 0 aliphatic rings. The highest BCUT2D eigenvalue weighted by Gasteiger charge is 2.14. The van der Waals surface area contributed by atoms with E-state index in [2.05, 4.69) is 24.1 Å². The number of ether oxygens (including phenoxy) is 1. The zero-order chi connectivity index (χ0) is 14.8. The number of hydrogen-bond acceptors (Lipinski definition) is 3. The molecule has 1 unspecified atom stereocenters. The number of nitrogens with one attached hydrogen (secondary N) is 2. The van der Waals surface area contributed by atoms with Crippen LogP contribution in [0.15, 0.2) is 36.9 Å². The van der Waals surface area contributed by atoms with Crippen molar-refractivity contribution in [2.45, 2.75) is 32.9 Å². The van der Waals surface area contributed by atoms with Crippen LogP contribution in [0.4, 0.5) is 5.69 Å². The maximum absolute atomic E-state index is 12.1. The predicted octanol–water partition coefficient (Wildman–Crippen LogP) is 2.72. The Bertz CT molecular complexity index is 432. The van der Waals surface area contributed by atoms with E-state index in [1.54, 1.807) is 13.0 Å². The molecule has 1 aromatic rings. The van der Waals surface area contributed by atoms with Crippen molar-refractivity contribution in [3.05, 3.63) is 42.5 Å². The molecule has 1 aromatic carbocycles. The molecule has 0 saturated heterocycles. The van der Waals surface area contributed by atoms with Crippen molar-refractivity contribution in [2.24, 2.45) is 0 Å². The van der Waals surface area contributed by atoms with Gasteiger partial charge in [-0.3, -0.25) is 4.79 Å². The van der Waals surface area contributed by atoms with Crippen molar-refractivity contribution >= 4 is 11.6 Å². The van der Waals surface area contributed by atoms with E-state index in [4.69, 9.17) is 4.74 Å². The van der Waals surface area contributed by atoms with Gasteiger partial charge in [0.2, 0.25) is 0 Å². The third kappa shape index (κ3) is 5.55. The third-order valence-corrected chi connectivity index (χ3v) is 2.90. The first kappa shape index (κ1) is 16.4. The number of rotatable bonds is 9. The van der Waals surface area contributed by atoms with Crippen LogP contribution < -0.4 is 10.6 Å². The molecule has 0 fully saturated rings. The minimum Gasteiger partial charge on any atom is -0.368 e. The summed E-state index contributed by atoms with van der Waals surface area (Å²) in [5.74, 6) is -0.127. The van der Waals surface area contributed by atoms with Gasteiger partial charge in [0.1, 0.15) is 6.10 Å². The van der Waals surface area contributed by atoms with E-state index in [9.17, 15) is 4.79 Å². The number of carbonyl (C=O) groups excluding carboxylic acids is 1. The van der Waals surface area contributed by atoms with Gasteiger partial charge in [-0.2, -0.15) is 0 Å². The highest BCUT2D eigenvalue weighted by Crippen LogP contribution is 2.15. The average molecular weight is 276 g/mol. The van der Waals surface area contributed by atoms with Crippen LogP contribution in [-0.4, -0.2) is 25.2 Å². The molecular formula is C16H24N2O2. The minimum atomic E-state index is -0.470. The van der Waals surface area contributed by atoms with Gasteiger partial charge in [-0.05, 0) is 31.5 Å². The first-order chi connectivity index (χ1) is 9.69. The van der Waals surface area contributed by atoms with Gasteiger partial charge in [-0.25, -0.2) is 0 Å². The van der Waals surface area contributed by atoms with Crippen LogP contribution in [0.2, 0.25) is 0 Å². The van der Waals surface area contributed by atoms with Crippen LogP contribution in [0.5, 0.6) is 0 Å². The Hall–Kier alpha value is -1.65. The van der Waals surface area contributed by atoms with E-state index in [0.29, 0.717) is 6.61 Å². The highest BCUT2D eigenvalue weighted by molar-refractivity contribution is 5.94. The monoisotopic (exact) mass is 276 g/mol. The normalized spacial score (nSPS) is 11.9. The summed E-state index contributed by atoms with van der Waals surface area (Å²) in [7, 11) is 0. The zero-order valence-corrected chi connectivity index (χ0v) is 12.3. The van der Waals surface area contributed by atoms with Gasteiger partial charge in [0.15, 0.2) is 0 Å². The van der Waals surface area contributed by atoms with Gasteiger partial charge in [-0.1, -0.05) is 31.2 Å². The minimum absolute atomic E-state index is 0.127. The van der Waals surface area contributed by atoms with Crippen LogP contribution in [0.1, 0.15) is 25.8 Å². The maximum Gasteiger partial charge on any atom is 0.253 e. The van der Waals surface area contributed by atoms with Gasteiger partial charge in [0.25, 0.3) is 5.91 Å². The lowest BCUT2D eigenvalue weighted by molar-refractivity contribution is -0.126. The molecule has 1 rings (SSSR count). The van der Waals surface area contributed by atoms with Gasteiger partial charge < -0.3 is 15.4 Å². The maximum atomic E-state index is 12.1. The van der Waals surface area contributed by atoms with Crippen molar-refractivity contribution in [1.29, 1.82) is 0 Å². The van der Waals surface area contributed by atoms with Gasteiger partial charge in [0, 0.05) is 12.2 Å². The second-order valence-electron chi connectivity index (χ2n) is 4.52. The molecule has 4 heteroatoms. The number of hydrogen-bond donors (Lipinski definition) is 2. The summed E-state index contributed by atoms with van der Waals surface area (Å²) in [5, 5.41) is 6.17. The summed E-state index contributed by atoms with van der Waals surface area (Å²) in [6.07, 6.45) is 2.05. The lowest BCUT2D eigenvalue weighted by Gasteiger charge is -2.15. The van der Waals surface area contributed by atoms with Gasteiger partial charge in [-0.15, -0.1) is 6.58 Å². The van der Waals surface area contributed by atoms with Crippen LogP contribution in [0, 0.1) is 0 Å². The molecule has 0 spiro atoms. The summed E-state index contributed by atoms with van der Waals surface area (Å²) < 4.78 is 5.44. The smallest absolute Gasteiger partial charge is 0.253 e. The number of amides is 1. The predicted molar refractivity (Wildman–Crippen MR) is 82.7 cm³/mol. The number of anilines is 1. The van der Waals surface area contributed by atoms with Crippen molar-refractivity contribution in [3.63, 3.8) is 0 Å². The van der Waals surface area contributed by atoms with Crippen LogP contribution >= 0.6 is 0 Å². The van der Waals surface area contributed by atoms with E-state index in [0.717, 1.165) is 30.8 Å². The molecule has 0 heterocycles. The SMILES string of the molecule is C=CCCOC(C)C(=O)Nc1ccccc1CNCC. The van der Waals surface area contributed by atoms with Crippen molar-refractivity contribution < 1.29 is 9.53 Å². The number of para-hydroxylation sites is 1. The Morgan fingerprint density at radius 3 is 2.90 bits per heavy atom. The van der Waals surface area contributed by atoms with E-state index in [1.807, 2.05) is 24.3 Å². The molecule has 0 aromatic heterocycles. The Morgan fingerprint density at radius 1 is 1.45 bits per heavy atom. The molecule has 1 atom stereocenters. The van der Waals surface area contributed by atoms with Crippen molar-refractivity contribution in [3.8, 4) is 0 Å². The van der Waals surface area contributed by atoms with Crippen LogP contribution in [0.3, 0.4) is 0 Å². The summed E-state index contributed by atoms with van der Waals surface area (Å²) >= 11 is 0. The second kappa shape index (κ2) is 9.28. The van der Waals surface area contributed by atoms with Gasteiger partial charge in [0.05, 0.1) is 6.61 Å². The Morgan fingerprint density at radius 2 is 2.20 bits per heavy atom. The van der Waals surface area contributed by atoms with E-state index in [1.165, 1.54) is 0 Å². The van der Waals surface area contributed by atoms with Crippen molar-refractivity contribution in [2.75, 3.05) is 18.5 Å². The molecule has 1 amide bonds. The average Bonchev–Trinajstić information content (AvgIpc) is 2.46. The van der Waals surface area contributed by atoms with E-state index < -0.39 is 6.10 Å². The summed E-state index contributed by atoms with van der Waals surface area (Å²) in [4.78, 5) is 12.1. The molecule has 110 valence electrons. The lowest BCUT2D eigenvalue weighted by Crippen LogP contribution is -2.28. The molecule has 0 aliphatic heterocycles. The Balaban J connectivity index is 2.58. The lowest BCUT2D eigenvalue weighted by atomic mass is 10.1. The molecule has 0 bridgehead atoms. The first-order valence-corrected chi connectivity index (χ1v) is 7.01. The standard InChI is InChI=1S/C16H24N2O2/c1-4-6-11-20-13(3)16(19)18-15-10-8-7-9-14(15)12-17-5-2/h4,7-10,13,17H,1,5-6,11-12H2,2-3H3,(H,18,19). The summed E-state index contributed by atoms with van der Waals surface area (Å²) in [6, 6.07) is 7.78. The fraction of sp³-hybridized carbons (Fsp3) is 0.438. The third-order valence-electron chi connectivity index (χ3n) is 2.90. The highest BCUT2D eigenvalue weighted by atomic mass is 16.5.